The Kier molecular flexibility index (Phi) is 4.44. The maximum atomic E-state index is 13.3. The van der Waals surface area contributed by atoms with Crippen LogP contribution >= 0.6 is 15.9 Å². The Hall–Kier alpha value is -1.82. The molecule has 2 aromatic rings. The molecule has 6 heteroatoms. The second kappa shape index (κ2) is 6.09. The molecule has 0 atom stereocenters. The number of carbonyl (C=O) groups is 1. The predicted molar refractivity (Wildman–Crippen MR) is 76.1 cm³/mol. The molecular weight excluding hydrogens is 327 g/mol. The summed E-state index contributed by atoms with van der Waals surface area (Å²) in [6.45, 7) is 1.94. The van der Waals surface area contributed by atoms with Crippen molar-refractivity contribution < 1.29 is 14.3 Å². The number of hydrogen-bond acceptors (Lipinski definition) is 3. The fourth-order valence-corrected chi connectivity index (χ4v) is 2.25. The van der Waals surface area contributed by atoms with Gasteiger partial charge in [-0.1, -0.05) is 29.3 Å². The van der Waals surface area contributed by atoms with Gasteiger partial charge in [-0.3, -0.25) is 0 Å². The summed E-state index contributed by atoms with van der Waals surface area (Å²) in [6, 6.07) is 4.21. The number of aromatic carboxylic acids is 1. The summed E-state index contributed by atoms with van der Waals surface area (Å²) in [4.78, 5) is 19.4. The van der Waals surface area contributed by atoms with Crippen molar-refractivity contribution in [1.29, 1.82) is 0 Å². The van der Waals surface area contributed by atoms with E-state index in [1.807, 2.05) is 6.92 Å². The summed E-state index contributed by atoms with van der Waals surface area (Å²) in [6.07, 6.45) is 2.57. The van der Waals surface area contributed by atoms with Crippen molar-refractivity contribution in [1.82, 2.24) is 9.97 Å². The van der Waals surface area contributed by atoms with E-state index < -0.39 is 11.8 Å². The molecule has 0 aliphatic rings. The highest BCUT2D eigenvalue weighted by Gasteiger charge is 2.15. The Labute approximate surface area is 123 Å². The average molecular weight is 339 g/mol. The topological polar surface area (TPSA) is 63.1 Å². The second-order valence-corrected chi connectivity index (χ2v) is 5.09. The highest BCUT2D eigenvalue weighted by molar-refractivity contribution is 9.10. The number of halogens is 2. The molecule has 104 valence electrons. The van der Waals surface area contributed by atoms with Gasteiger partial charge in [-0.25, -0.2) is 19.2 Å². The Morgan fingerprint density at radius 2 is 2.20 bits per heavy atom. The number of carboxylic acids is 1. The first kappa shape index (κ1) is 14.6. The number of nitrogens with zero attached hydrogens (tertiary/aromatic N) is 2. The molecule has 0 fully saturated rings. The van der Waals surface area contributed by atoms with Gasteiger partial charge in [0.1, 0.15) is 5.82 Å². The number of aromatic nitrogens is 2. The highest BCUT2D eigenvalue weighted by atomic mass is 79.9. The predicted octanol–water partition coefficient (Wildman–Crippen LogP) is 3.70. The van der Waals surface area contributed by atoms with Crippen molar-refractivity contribution in [2.75, 3.05) is 0 Å². The molecule has 0 bridgehead atoms. The van der Waals surface area contributed by atoms with Crippen molar-refractivity contribution in [2.24, 2.45) is 0 Å². The molecule has 0 amide bonds. The van der Waals surface area contributed by atoms with Gasteiger partial charge in [0.2, 0.25) is 0 Å². The van der Waals surface area contributed by atoms with Crippen LogP contribution in [0.4, 0.5) is 4.39 Å². The molecule has 1 aromatic carbocycles. The zero-order valence-electron chi connectivity index (χ0n) is 10.7. The molecule has 0 aliphatic carbocycles. The van der Waals surface area contributed by atoms with Crippen molar-refractivity contribution in [3.05, 3.63) is 45.9 Å². The normalized spacial score (nSPS) is 10.6. The van der Waals surface area contributed by atoms with E-state index in [2.05, 4.69) is 25.9 Å². The van der Waals surface area contributed by atoms with Crippen LogP contribution in [-0.2, 0) is 6.42 Å². The van der Waals surface area contributed by atoms with Crippen molar-refractivity contribution in [3.8, 4) is 11.4 Å². The van der Waals surface area contributed by atoms with Crippen LogP contribution in [0.3, 0.4) is 0 Å². The maximum Gasteiger partial charge on any atom is 0.339 e. The highest BCUT2D eigenvalue weighted by Crippen LogP contribution is 2.27. The van der Waals surface area contributed by atoms with Gasteiger partial charge < -0.3 is 5.11 Å². The van der Waals surface area contributed by atoms with E-state index >= 15 is 0 Å². The van der Waals surface area contributed by atoms with Gasteiger partial charge in [0.25, 0.3) is 0 Å². The van der Waals surface area contributed by atoms with Crippen LogP contribution in [0.5, 0.6) is 0 Å². The summed E-state index contributed by atoms with van der Waals surface area (Å²) in [5.41, 5.74) is 1.04. The van der Waals surface area contributed by atoms with E-state index in [1.165, 1.54) is 18.3 Å². The zero-order chi connectivity index (χ0) is 14.7. The minimum Gasteiger partial charge on any atom is -0.478 e. The fourth-order valence-electron chi connectivity index (χ4n) is 1.82. The summed E-state index contributed by atoms with van der Waals surface area (Å²) in [5.74, 6) is -1.14. The van der Waals surface area contributed by atoms with Gasteiger partial charge >= 0.3 is 5.97 Å². The lowest BCUT2D eigenvalue weighted by Crippen LogP contribution is -2.07. The van der Waals surface area contributed by atoms with Crippen LogP contribution in [0.2, 0.25) is 0 Å². The Bertz CT molecular complexity index is 662. The summed E-state index contributed by atoms with van der Waals surface area (Å²) < 4.78 is 14.0. The lowest BCUT2D eigenvalue weighted by atomic mass is 10.1. The third-order valence-corrected chi connectivity index (χ3v) is 3.45. The van der Waals surface area contributed by atoms with Crippen LogP contribution in [0.1, 0.15) is 29.4 Å². The Morgan fingerprint density at radius 1 is 1.45 bits per heavy atom. The van der Waals surface area contributed by atoms with E-state index in [0.717, 1.165) is 6.42 Å². The van der Waals surface area contributed by atoms with Crippen LogP contribution in [0.25, 0.3) is 11.4 Å². The minimum atomic E-state index is -1.06. The molecule has 0 saturated carbocycles. The molecule has 0 saturated heterocycles. The first-order chi connectivity index (χ1) is 9.52. The second-order valence-electron chi connectivity index (χ2n) is 4.23. The van der Waals surface area contributed by atoms with Crippen molar-refractivity contribution >= 4 is 21.9 Å². The third kappa shape index (κ3) is 3.01. The molecule has 1 heterocycles. The summed E-state index contributed by atoms with van der Waals surface area (Å²) >= 11 is 3.32. The van der Waals surface area contributed by atoms with Gasteiger partial charge in [-0.05, 0) is 24.6 Å². The summed E-state index contributed by atoms with van der Waals surface area (Å²) in [5, 5.41) is 9.10. The standard InChI is InChI=1S/C14H12BrFN2O2/c1-2-3-12-10(14(19)20)7-17-13(18-12)9-6-8(16)4-5-11(9)15/h4-7H,2-3H2,1H3,(H,19,20). The van der Waals surface area contributed by atoms with E-state index in [1.54, 1.807) is 6.07 Å². The zero-order valence-corrected chi connectivity index (χ0v) is 12.3. The van der Waals surface area contributed by atoms with Crippen LogP contribution in [0.15, 0.2) is 28.9 Å². The molecule has 4 nitrogen and oxygen atoms in total. The lowest BCUT2D eigenvalue weighted by molar-refractivity contribution is 0.0694. The molecule has 1 aromatic heterocycles. The SMILES string of the molecule is CCCc1nc(-c2cc(F)ccc2Br)ncc1C(=O)O. The fraction of sp³-hybridized carbons (Fsp3) is 0.214. The lowest BCUT2D eigenvalue weighted by Gasteiger charge is -2.08. The molecule has 0 aliphatic heterocycles. The van der Waals surface area contributed by atoms with E-state index in [4.69, 9.17) is 5.11 Å². The molecule has 20 heavy (non-hydrogen) atoms. The monoisotopic (exact) mass is 338 g/mol. The largest absolute Gasteiger partial charge is 0.478 e. The number of rotatable bonds is 4. The number of carboxylic acid groups (broad SMARTS) is 1. The number of aryl methyl sites for hydroxylation is 1. The van der Waals surface area contributed by atoms with Crippen molar-refractivity contribution in [3.63, 3.8) is 0 Å². The molecule has 0 unspecified atom stereocenters. The van der Waals surface area contributed by atoms with E-state index in [0.29, 0.717) is 28.0 Å². The smallest absolute Gasteiger partial charge is 0.339 e. The Morgan fingerprint density at radius 3 is 2.85 bits per heavy atom. The number of hydrogen-bond donors (Lipinski definition) is 1. The minimum absolute atomic E-state index is 0.0862. The summed E-state index contributed by atoms with van der Waals surface area (Å²) in [7, 11) is 0. The van der Waals surface area contributed by atoms with Crippen LogP contribution in [-0.4, -0.2) is 21.0 Å². The van der Waals surface area contributed by atoms with E-state index in [-0.39, 0.29) is 5.56 Å². The average Bonchev–Trinajstić information content (AvgIpc) is 2.41. The first-order valence-electron chi connectivity index (χ1n) is 6.07. The van der Waals surface area contributed by atoms with Gasteiger partial charge in [0.15, 0.2) is 5.82 Å². The van der Waals surface area contributed by atoms with Crippen LogP contribution in [0, 0.1) is 5.82 Å². The van der Waals surface area contributed by atoms with Crippen LogP contribution < -0.4 is 0 Å². The molecular formula is C14H12BrFN2O2. The first-order valence-corrected chi connectivity index (χ1v) is 6.87. The quantitative estimate of drug-likeness (QED) is 0.923. The van der Waals surface area contributed by atoms with E-state index in [9.17, 15) is 9.18 Å². The molecule has 2 rings (SSSR count). The van der Waals surface area contributed by atoms with Crippen molar-refractivity contribution in [2.45, 2.75) is 19.8 Å². The molecule has 0 radical (unpaired) electrons. The molecule has 0 spiro atoms. The van der Waals surface area contributed by atoms with Gasteiger partial charge in [0, 0.05) is 16.2 Å². The molecule has 1 N–H and O–H groups in total. The van der Waals surface area contributed by atoms with Gasteiger partial charge in [-0.2, -0.15) is 0 Å². The van der Waals surface area contributed by atoms with Gasteiger partial charge in [-0.15, -0.1) is 0 Å². The Balaban J connectivity index is 2.55. The van der Waals surface area contributed by atoms with Gasteiger partial charge in [0.05, 0.1) is 11.3 Å². The number of benzene rings is 1. The third-order valence-electron chi connectivity index (χ3n) is 2.75. The maximum absolute atomic E-state index is 13.3.